The summed E-state index contributed by atoms with van der Waals surface area (Å²) in [5, 5.41) is 16.9. The molecule has 0 radical (unpaired) electrons. The van der Waals surface area contributed by atoms with Gasteiger partial charge in [0.25, 0.3) is 0 Å². The van der Waals surface area contributed by atoms with Crippen LogP contribution in [-0.4, -0.2) is 115 Å². The number of carbonyl (C=O) groups is 6. The number of hydrogen-bond donors (Lipinski definition) is 4. The third-order valence-corrected chi connectivity index (χ3v) is 22.7. The predicted octanol–water partition coefficient (Wildman–Crippen LogP) is 22.5. The highest BCUT2D eigenvalue weighted by atomic mass is 16.6. The average molecular weight is 1600 g/mol. The molecule has 117 heavy (non-hydrogen) atoms. The summed E-state index contributed by atoms with van der Waals surface area (Å²) in [5.41, 5.74) is 16.6. The highest BCUT2D eigenvalue weighted by molar-refractivity contribution is 5.90. The number of carboxylic acid groups (broad SMARTS) is 1. The van der Waals surface area contributed by atoms with Gasteiger partial charge < -0.3 is 50.2 Å². The zero-order valence-electron chi connectivity index (χ0n) is 73.1. The van der Waals surface area contributed by atoms with E-state index in [0.717, 1.165) is 62.0 Å². The van der Waals surface area contributed by atoms with E-state index >= 15 is 0 Å². The van der Waals surface area contributed by atoms with Crippen molar-refractivity contribution in [2.75, 3.05) is 0 Å². The van der Waals surface area contributed by atoms with E-state index in [1.54, 1.807) is 46.9 Å². The van der Waals surface area contributed by atoms with Crippen LogP contribution in [0.1, 0.15) is 291 Å². The van der Waals surface area contributed by atoms with Gasteiger partial charge >= 0.3 is 30.1 Å². The zero-order chi connectivity index (χ0) is 84.8. The van der Waals surface area contributed by atoms with Gasteiger partial charge in [0.05, 0.1) is 16.7 Å². The van der Waals surface area contributed by atoms with E-state index in [-0.39, 0.29) is 42.0 Å². The summed E-state index contributed by atoms with van der Waals surface area (Å²) < 4.78 is 22.3. The van der Waals surface area contributed by atoms with Gasteiger partial charge in [0.15, 0.2) is 0 Å². The van der Waals surface area contributed by atoms with Crippen molar-refractivity contribution in [1.82, 2.24) is 20.4 Å². The van der Waals surface area contributed by atoms with Crippen LogP contribution in [0.5, 0.6) is 0 Å². The number of ether oxygens (including phenoxy) is 4. The Hall–Kier alpha value is -8.96. The number of nitrogens with zero attached hydrogens (tertiary/aromatic N) is 2. The third-order valence-electron chi connectivity index (χ3n) is 22.7. The minimum absolute atomic E-state index is 0.0342. The lowest BCUT2D eigenvalue weighted by Crippen LogP contribution is -2.47. The molecule has 6 aliphatic rings. The number of esters is 2. The summed E-state index contributed by atoms with van der Waals surface area (Å²) in [7, 11) is 0. The average Bonchev–Trinajstić information content (AvgIpc) is 1.66. The van der Waals surface area contributed by atoms with Gasteiger partial charge in [-0.3, -0.25) is 4.79 Å². The first kappa shape index (κ1) is 91.9. The lowest BCUT2D eigenvalue weighted by molar-refractivity contribution is -0.121. The fourth-order valence-corrected chi connectivity index (χ4v) is 16.2. The number of nitrogens with one attached hydrogen (secondary N) is 2. The van der Waals surface area contributed by atoms with Crippen LogP contribution in [0.2, 0.25) is 0 Å². The second kappa shape index (κ2) is 42.6. The van der Waals surface area contributed by atoms with Gasteiger partial charge in [-0.1, -0.05) is 190 Å². The van der Waals surface area contributed by atoms with Gasteiger partial charge in [-0.25, -0.2) is 24.0 Å². The molecular formula is C101H137N5O11. The minimum atomic E-state index is -0.851. The van der Waals surface area contributed by atoms with Crippen molar-refractivity contribution >= 4 is 54.1 Å². The molecule has 6 fully saturated rings. The zero-order valence-corrected chi connectivity index (χ0v) is 73.1. The van der Waals surface area contributed by atoms with Crippen LogP contribution in [0.25, 0.3) is 18.2 Å². The molecule has 6 atom stereocenters. The number of nitrogens with two attached hydrogens (primary N) is 1. The monoisotopic (exact) mass is 1600 g/mol. The van der Waals surface area contributed by atoms with E-state index in [4.69, 9.17) is 29.8 Å². The standard InChI is InChI=1S/C36H50N2O4.C29H37NO2.C23H33NO5.C13H17N/c1-8-27(22-25-12-10-9-11-13-25)31-23-32(31)37-29-18-20-30(21-19-29)38(34(40)42-36(5,6)7)24-26-14-16-28(17-15-26)33(39)41-35(2,3)4;1-20(2)26(18-23-6-4-3-5-7-23)27-19-28(27)30-25-16-12-22(13-17-25)9-8-21-10-14-24(15-11-21)29(31)32;1-22(2,3)28-20(26)17-9-7-16(8-10-17)15-24(21(27)29-23(4,5)6)18-11-13-19(25)14-12-18;1-2-11(12-9-13(12)14)8-10-6-4-3-5-7-10/h9-17,22,29-32,37H,8,18-21,23-24H2,1-7H3;3-7,10-11,14-15,18,20,22,25,27-28,30H,8-9,12-13,16-17,19H2,1-2H3,(H,31,32);7-10,18H,11-15H2,1-6H3;3-8,12-13H,2,9,14H2,1H3/b27-22+;26-18+;;11-8+/t29?,30?,31-,32+;22?,25?,27-,28+;;12-,13+/m00.0/s1. The molecule has 16 nitrogen and oxygen atoms in total. The lowest BCUT2D eigenvalue weighted by Gasteiger charge is -2.38. The molecule has 0 heterocycles. The fourth-order valence-electron chi connectivity index (χ4n) is 16.2. The Bertz CT molecular complexity index is 4230. The normalized spacial score (nSPS) is 22.2. The Morgan fingerprint density at radius 1 is 0.453 bits per heavy atom. The molecule has 5 N–H and O–H groups in total. The predicted molar refractivity (Wildman–Crippen MR) is 472 cm³/mol. The van der Waals surface area contributed by atoms with E-state index in [2.05, 4.69) is 141 Å². The number of hydrogen-bond acceptors (Lipinski definition) is 13. The number of rotatable bonds is 25. The number of amides is 2. The molecule has 0 aliphatic heterocycles. The molecule has 632 valence electrons. The summed E-state index contributed by atoms with van der Waals surface area (Å²) in [6, 6.07) is 56.5. The van der Waals surface area contributed by atoms with Crippen LogP contribution in [0, 0.1) is 29.6 Å². The largest absolute Gasteiger partial charge is 0.478 e. The quantitative estimate of drug-likeness (QED) is 0.0310. The fraction of sp³-hybridized carbons (Fsp3) is 0.525. The van der Waals surface area contributed by atoms with Gasteiger partial charge in [-0.05, 0) is 292 Å². The number of Topliss-reactive ketones (excluding diaryl/α,β-unsaturated/α-hetero) is 1. The van der Waals surface area contributed by atoms with E-state index in [1.165, 1.54) is 84.8 Å². The number of aromatic carboxylic acids is 1. The van der Waals surface area contributed by atoms with Crippen molar-refractivity contribution in [3.05, 3.63) is 231 Å². The van der Waals surface area contributed by atoms with Crippen molar-refractivity contribution in [1.29, 1.82) is 0 Å². The first-order chi connectivity index (χ1) is 55.4. The van der Waals surface area contributed by atoms with Crippen LogP contribution in [0.15, 0.2) is 181 Å². The Kier molecular flexibility index (Phi) is 33.5. The van der Waals surface area contributed by atoms with Crippen molar-refractivity contribution < 1.29 is 52.8 Å². The van der Waals surface area contributed by atoms with Crippen LogP contribution < -0.4 is 16.4 Å². The number of carboxylic acids is 1. The molecule has 16 heteroatoms. The van der Waals surface area contributed by atoms with Crippen LogP contribution >= 0.6 is 0 Å². The van der Waals surface area contributed by atoms with E-state index in [0.29, 0.717) is 109 Å². The molecule has 6 aliphatic carbocycles. The molecule has 12 rings (SSSR count). The Balaban J connectivity index is 0.000000187. The van der Waals surface area contributed by atoms with E-state index in [1.807, 2.05) is 130 Å². The Morgan fingerprint density at radius 3 is 1.20 bits per heavy atom. The van der Waals surface area contributed by atoms with Gasteiger partial charge in [0, 0.05) is 68.2 Å². The van der Waals surface area contributed by atoms with Crippen LogP contribution in [-0.2, 0) is 43.3 Å². The number of aryl methyl sites for hydroxylation is 1. The molecule has 0 spiro atoms. The summed E-state index contributed by atoms with van der Waals surface area (Å²) in [5.74, 6) is 2.03. The maximum absolute atomic E-state index is 13.4. The lowest BCUT2D eigenvalue weighted by atomic mass is 9.82. The van der Waals surface area contributed by atoms with Crippen molar-refractivity contribution in [3.63, 3.8) is 0 Å². The maximum atomic E-state index is 13.4. The molecule has 0 bridgehead atoms. The summed E-state index contributed by atoms with van der Waals surface area (Å²) in [6.07, 6.45) is 25.9. The minimum Gasteiger partial charge on any atom is -0.478 e. The molecule has 6 aromatic rings. The van der Waals surface area contributed by atoms with Gasteiger partial charge in [0.1, 0.15) is 28.2 Å². The molecule has 0 unspecified atom stereocenters. The first-order valence-corrected chi connectivity index (χ1v) is 43.5. The van der Waals surface area contributed by atoms with E-state index in [9.17, 15) is 28.8 Å². The van der Waals surface area contributed by atoms with Crippen LogP contribution in [0.4, 0.5) is 9.59 Å². The number of ketones is 1. The first-order valence-electron chi connectivity index (χ1n) is 43.5. The van der Waals surface area contributed by atoms with Crippen molar-refractivity contribution in [3.8, 4) is 0 Å². The topological polar surface area (TPSA) is 216 Å². The van der Waals surface area contributed by atoms with Crippen molar-refractivity contribution in [2.45, 2.75) is 311 Å². The number of benzene rings is 6. The summed E-state index contributed by atoms with van der Waals surface area (Å²) in [6.45, 7) is 32.2. The molecule has 6 aromatic carbocycles. The second-order valence-electron chi connectivity index (χ2n) is 37.6. The number of carbonyl (C=O) groups excluding carboxylic acids is 5. The highest BCUT2D eigenvalue weighted by Gasteiger charge is 2.44. The summed E-state index contributed by atoms with van der Waals surface area (Å²) >= 11 is 0. The molecule has 0 aromatic heterocycles. The summed E-state index contributed by atoms with van der Waals surface area (Å²) in [4.78, 5) is 77.1. The molecule has 2 amide bonds. The van der Waals surface area contributed by atoms with Crippen molar-refractivity contribution in [2.24, 2.45) is 35.3 Å². The van der Waals surface area contributed by atoms with E-state index < -0.39 is 28.4 Å². The van der Waals surface area contributed by atoms with Gasteiger partial charge in [-0.15, -0.1) is 0 Å². The second-order valence-corrected chi connectivity index (χ2v) is 37.6. The SMILES string of the molecule is CC(C)(C)OC(=O)c1ccc(CN(C(=O)OC(C)(C)C)C2CCC(=O)CC2)cc1.CC(C)/C(=C\c1ccccc1)[C@@H]1C[C@H]1NC1CCC(CCc2ccc(C(=O)O)cc2)CC1.CC/C(=C\c1ccccc1)[C@@H]1C[C@H]1N.CC/C(=C\c1ccccc1)[C@@H]1C[C@H]1NC1CCC(N(Cc2ccc(C(=O)OC(C)(C)C)cc2)C(=O)OC(C)(C)C)CC1. The maximum Gasteiger partial charge on any atom is 0.410 e. The smallest absolute Gasteiger partial charge is 0.410 e. The molecule has 0 saturated heterocycles. The van der Waals surface area contributed by atoms with Crippen LogP contribution in [0.3, 0.4) is 0 Å². The molecular weight excluding hydrogens is 1460 g/mol. The third kappa shape index (κ3) is 31.4. The van der Waals surface area contributed by atoms with Gasteiger partial charge in [-0.2, -0.15) is 0 Å². The molecule has 6 saturated carbocycles. The highest BCUT2D eigenvalue weighted by Crippen LogP contribution is 2.44. The Labute approximate surface area is 700 Å². The van der Waals surface area contributed by atoms with Gasteiger partial charge in [0.2, 0.25) is 0 Å². The Morgan fingerprint density at radius 2 is 0.812 bits per heavy atom.